The molecule has 0 atom stereocenters. The Bertz CT molecular complexity index is 328. The molecule has 0 aliphatic carbocycles. The highest BCUT2D eigenvalue weighted by molar-refractivity contribution is 9.10. The van der Waals surface area contributed by atoms with E-state index in [1.807, 2.05) is 25.6 Å². The molecule has 0 saturated carbocycles. The number of nitrogens with one attached hydrogen (secondary N) is 2. The first-order valence-corrected chi connectivity index (χ1v) is 5.91. The molecule has 0 amide bonds. The van der Waals surface area contributed by atoms with Crippen molar-refractivity contribution in [3.05, 3.63) is 16.4 Å². The molecule has 2 N–H and O–H groups in total. The van der Waals surface area contributed by atoms with Crippen LogP contribution in [0.25, 0.3) is 0 Å². The average molecular weight is 291 g/mol. The van der Waals surface area contributed by atoms with Crippen LogP contribution in [0, 0.1) is 0 Å². The van der Waals surface area contributed by atoms with Crippen LogP contribution in [0.2, 0.25) is 0 Å². The lowest BCUT2D eigenvalue weighted by atomic mass is 10.4. The highest BCUT2D eigenvalue weighted by atomic mass is 79.9. The third kappa shape index (κ3) is 3.79. The second-order valence-corrected chi connectivity index (χ2v) is 4.81. The molecule has 15 heavy (non-hydrogen) atoms. The Morgan fingerprint density at radius 2 is 2.33 bits per heavy atom. The Labute approximate surface area is 104 Å². The van der Waals surface area contributed by atoms with Gasteiger partial charge in [0.2, 0.25) is 0 Å². The van der Waals surface area contributed by atoms with E-state index in [1.54, 1.807) is 6.20 Å². The van der Waals surface area contributed by atoms with Gasteiger partial charge >= 0.3 is 0 Å². The minimum atomic E-state index is 0.347. The Morgan fingerprint density at radius 3 is 2.80 bits per heavy atom. The zero-order valence-electron chi connectivity index (χ0n) is 9.04. The van der Waals surface area contributed by atoms with Gasteiger partial charge in [-0.1, -0.05) is 0 Å². The zero-order valence-corrected chi connectivity index (χ0v) is 11.4. The summed E-state index contributed by atoms with van der Waals surface area (Å²) in [4.78, 5) is 0. The average Bonchev–Trinajstić information content (AvgIpc) is 2.42. The van der Waals surface area contributed by atoms with Crippen molar-refractivity contribution in [2.75, 3.05) is 0 Å². The van der Waals surface area contributed by atoms with Crippen molar-refractivity contribution in [3.8, 4) is 0 Å². The molecule has 1 rings (SSSR count). The number of aromatic nitrogens is 2. The third-order valence-electron chi connectivity index (χ3n) is 1.85. The van der Waals surface area contributed by atoms with E-state index in [-0.39, 0.29) is 0 Å². The monoisotopic (exact) mass is 290 g/mol. The highest BCUT2D eigenvalue weighted by Crippen LogP contribution is 2.14. The van der Waals surface area contributed by atoms with Crippen molar-refractivity contribution in [2.24, 2.45) is 7.05 Å². The Morgan fingerprint density at radius 1 is 1.67 bits per heavy atom. The van der Waals surface area contributed by atoms with E-state index in [0.29, 0.717) is 17.7 Å². The molecule has 0 radical (unpaired) electrons. The van der Waals surface area contributed by atoms with Crippen LogP contribution in [0.15, 0.2) is 10.7 Å². The lowest BCUT2D eigenvalue weighted by Gasteiger charge is -2.13. The first-order chi connectivity index (χ1) is 7.00. The number of hydrogen-bond donors (Lipinski definition) is 2. The maximum absolute atomic E-state index is 5.12. The molecule has 0 aliphatic rings. The minimum Gasteiger partial charge on any atom is -0.361 e. The Kier molecular flexibility index (Phi) is 4.53. The molecule has 6 heteroatoms. The van der Waals surface area contributed by atoms with Gasteiger partial charge in [-0.15, -0.1) is 0 Å². The van der Waals surface area contributed by atoms with Crippen LogP contribution in [0.3, 0.4) is 0 Å². The molecule has 0 unspecified atom stereocenters. The van der Waals surface area contributed by atoms with Crippen molar-refractivity contribution < 1.29 is 0 Å². The molecule has 84 valence electrons. The van der Waals surface area contributed by atoms with Crippen molar-refractivity contribution in [3.63, 3.8) is 0 Å². The second-order valence-electron chi connectivity index (χ2n) is 3.54. The predicted octanol–water partition coefficient (Wildman–Crippen LogP) is 1.56. The smallest absolute Gasteiger partial charge is 0.166 e. The summed E-state index contributed by atoms with van der Waals surface area (Å²) in [5, 5.41) is 11.0. The molecule has 1 aromatic rings. The molecule has 0 bridgehead atoms. The van der Waals surface area contributed by atoms with E-state index < -0.39 is 0 Å². The van der Waals surface area contributed by atoms with E-state index in [1.165, 1.54) is 0 Å². The maximum atomic E-state index is 5.12. The molecule has 0 saturated heterocycles. The number of rotatable bonds is 3. The number of hydrogen-bond acceptors (Lipinski definition) is 2. The van der Waals surface area contributed by atoms with E-state index in [4.69, 9.17) is 12.2 Å². The van der Waals surface area contributed by atoms with Gasteiger partial charge in [0.15, 0.2) is 5.11 Å². The fraction of sp³-hybridized carbons (Fsp3) is 0.556. The van der Waals surface area contributed by atoms with Gasteiger partial charge in [0.25, 0.3) is 0 Å². The fourth-order valence-electron chi connectivity index (χ4n) is 1.11. The SMILES string of the molecule is CC(C)NC(=S)NCc1c(Br)cnn1C. The standard InChI is InChI=1S/C9H15BrN4S/c1-6(2)13-9(15)11-5-8-7(10)4-12-14(8)3/h4,6H,5H2,1-3H3,(H2,11,13,15). The van der Waals surface area contributed by atoms with Crippen LogP contribution in [0.4, 0.5) is 0 Å². The van der Waals surface area contributed by atoms with E-state index in [9.17, 15) is 0 Å². The molecular weight excluding hydrogens is 276 g/mol. The van der Waals surface area contributed by atoms with Gasteiger partial charge in [0.1, 0.15) is 0 Å². The van der Waals surface area contributed by atoms with Gasteiger partial charge in [-0.3, -0.25) is 4.68 Å². The first-order valence-electron chi connectivity index (χ1n) is 4.71. The lowest BCUT2D eigenvalue weighted by molar-refractivity contribution is 0.672. The molecule has 1 aromatic heterocycles. The van der Waals surface area contributed by atoms with Gasteiger partial charge < -0.3 is 10.6 Å². The summed E-state index contributed by atoms with van der Waals surface area (Å²) >= 11 is 8.55. The van der Waals surface area contributed by atoms with Crippen LogP contribution in [0.1, 0.15) is 19.5 Å². The quantitative estimate of drug-likeness (QED) is 0.829. The summed E-state index contributed by atoms with van der Waals surface area (Å²) in [5.41, 5.74) is 1.07. The van der Waals surface area contributed by atoms with Crippen LogP contribution in [-0.2, 0) is 13.6 Å². The summed E-state index contributed by atoms with van der Waals surface area (Å²) in [7, 11) is 1.90. The number of halogens is 1. The van der Waals surface area contributed by atoms with E-state index >= 15 is 0 Å². The molecule has 0 aromatic carbocycles. The van der Waals surface area contributed by atoms with Gasteiger partial charge in [0, 0.05) is 13.1 Å². The Hall–Kier alpha value is -0.620. The van der Waals surface area contributed by atoms with Crippen LogP contribution in [-0.4, -0.2) is 20.9 Å². The van der Waals surface area contributed by atoms with Gasteiger partial charge in [-0.2, -0.15) is 5.10 Å². The van der Waals surface area contributed by atoms with Crippen LogP contribution < -0.4 is 10.6 Å². The maximum Gasteiger partial charge on any atom is 0.166 e. The van der Waals surface area contributed by atoms with Crippen LogP contribution >= 0.6 is 28.1 Å². The second kappa shape index (κ2) is 5.46. The molecule has 0 aliphatic heterocycles. The predicted molar refractivity (Wildman–Crippen MR) is 68.6 cm³/mol. The number of thiocarbonyl (C=S) groups is 1. The molecule has 1 heterocycles. The van der Waals surface area contributed by atoms with Gasteiger partial charge in [-0.05, 0) is 42.0 Å². The van der Waals surface area contributed by atoms with Gasteiger partial charge in [0.05, 0.1) is 22.9 Å². The van der Waals surface area contributed by atoms with E-state index in [2.05, 4.69) is 31.7 Å². The number of aryl methyl sites for hydroxylation is 1. The zero-order chi connectivity index (χ0) is 11.4. The molecule has 4 nitrogen and oxygen atoms in total. The normalized spacial score (nSPS) is 10.5. The first kappa shape index (κ1) is 12.4. The molecule has 0 fully saturated rings. The summed E-state index contributed by atoms with van der Waals surface area (Å²) < 4.78 is 2.81. The third-order valence-corrected chi connectivity index (χ3v) is 2.77. The van der Waals surface area contributed by atoms with Crippen molar-refractivity contribution in [2.45, 2.75) is 26.4 Å². The fourth-order valence-corrected chi connectivity index (χ4v) is 1.91. The van der Waals surface area contributed by atoms with Crippen molar-refractivity contribution in [1.82, 2.24) is 20.4 Å². The molecular formula is C9H15BrN4S. The number of nitrogens with zero attached hydrogens (tertiary/aromatic N) is 2. The van der Waals surface area contributed by atoms with Crippen molar-refractivity contribution in [1.29, 1.82) is 0 Å². The topological polar surface area (TPSA) is 41.9 Å². The molecule has 0 spiro atoms. The van der Waals surface area contributed by atoms with Gasteiger partial charge in [-0.25, -0.2) is 0 Å². The van der Waals surface area contributed by atoms with E-state index in [0.717, 1.165) is 10.2 Å². The minimum absolute atomic E-state index is 0.347. The van der Waals surface area contributed by atoms with Crippen LogP contribution in [0.5, 0.6) is 0 Å². The Balaban J connectivity index is 2.47. The lowest BCUT2D eigenvalue weighted by Crippen LogP contribution is -2.39. The summed E-state index contributed by atoms with van der Waals surface area (Å²) in [6.45, 7) is 4.76. The summed E-state index contributed by atoms with van der Waals surface area (Å²) in [6, 6.07) is 0.347. The summed E-state index contributed by atoms with van der Waals surface area (Å²) in [6.07, 6.45) is 1.77. The highest BCUT2D eigenvalue weighted by Gasteiger charge is 2.06. The van der Waals surface area contributed by atoms with Crippen molar-refractivity contribution >= 4 is 33.3 Å². The summed E-state index contributed by atoms with van der Waals surface area (Å²) in [5.74, 6) is 0. The largest absolute Gasteiger partial charge is 0.361 e.